The number of pyridine rings is 1. The third-order valence-electron chi connectivity index (χ3n) is 7.09. The van der Waals surface area contributed by atoms with E-state index in [0.29, 0.717) is 29.9 Å². The van der Waals surface area contributed by atoms with Crippen LogP contribution < -0.4 is 16.4 Å². The molecular weight excluding hydrogens is 366 g/mol. The third kappa shape index (κ3) is 3.40. The Morgan fingerprint density at radius 2 is 2.07 bits per heavy atom. The number of nitrogens with two attached hydrogens (primary N) is 1. The molecule has 7 nitrogen and oxygen atoms in total. The molecular formula is C22H31N5O2. The summed E-state index contributed by atoms with van der Waals surface area (Å²) in [4.78, 5) is 20.6. The van der Waals surface area contributed by atoms with Gasteiger partial charge in [-0.15, -0.1) is 0 Å². The lowest BCUT2D eigenvalue weighted by Gasteiger charge is -2.58. The van der Waals surface area contributed by atoms with E-state index in [9.17, 15) is 9.90 Å². The van der Waals surface area contributed by atoms with E-state index in [0.717, 1.165) is 36.0 Å². The van der Waals surface area contributed by atoms with Gasteiger partial charge in [-0.3, -0.25) is 4.79 Å². The van der Waals surface area contributed by atoms with Gasteiger partial charge in [0.05, 0.1) is 16.9 Å². The number of fused-ring (bicyclic) bond motifs is 1. The summed E-state index contributed by atoms with van der Waals surface area (Å²) in [6.07, 6.45) is 8.52. The minimum absolute atomic E-state index is 0.163. The second kappa shape index (κ2) is 6.44. The van der Waals surface area contributed by atoms with Crippen LogP contribution in [0.3, 0.4) is 0 Å². The molecule has 0 aromatic carbocycles. The summed E-state index contributed by atoms with van der Waals surface area (Å²) in [5.74, 6) is 1.39. The number of amides is 1. The van der Waals surface area contributed by atoms with Gasteiger partial charge in [0.2, 0.25) is 0 Å². The largest absolute Gasteiger partial charge is 0.390 e. The summed E-state index contributed by atoms with van der Waals surface area (Å²) in [5, 5.41) is 18.5. The molecule has 2 aromatic heterocycles. The van der Waals surface area contributed by atoms with Crippen molar-refractivity contribution in [1.82, 2.24) is 15.3 Å². The van der Waals surface area contributed by atoms with Crippen LogP contribution in [0.1, 0.15) is 56.3 Å². The van der Waals surface area contributed by atoms with Gasteiger partial charge in [0.15, 0.2) is 0 Å². The fourth-order valence-electron chi connectivity index (χ4n) is 6.12. The van der Waals surface area contributed by atoms with Crippen LogP contribution in [0.5, 0.6) is 0 Å². The highest BCUT2D eigenvalue weighted by Crippen LogP contribution is 2.56. The van der Waals surface area contributed by atoms with E-state index in [4.69, 9.17) is 5.73 Å². The maximum Gasteiger partial charge on any atom is 0.255 e. The molecule has 2 atom stereocenters. The Morgan fingerprint density at radius 3 is 2.72 bits per heavy atom. The fourth-order valence-corrected chi connectivity index (χ4v) is 6.12. The number of aromatic amines is 1. The van der Waals surface area contributed by atoms with E-state index < -0.39 is 11.1 Å². The lowest BCUT2D eigenvalue weighted by atomic mass is 9.52. The van der Waals surface area contributed by atoms with Crippen molar-refractivity contribution in [3.8, 4) is 0 Å². The molecule has 7 heteroatoms. The van der Waals surface area contributed by atoms with Gasteiger partial charge in [-0.2, -0.15) is 0 Å². The first-order valence-corrected chi connectivity index (χ1v) is 10.7. The summed E-state index contributed by atoms with van der Waals surface area (Å²) < 4.78 is 0. The van der Waals surface area contributed by atoms with Crippen molar-refractivity contribution in [2.24, 2.45) is 23.5 Å². The Labute approximate surface area is 170 Å². The Bertz CT molecular complexity index is 930. The van der Waals surface area contributed by atoms with Crippen LogP contribution in [0, 0.1) is 17.8 Å². The number of anilines is 1. The number of nitrogens with one attached hydrogen (secondary N) is 3. The van der Waals surface area contributed by atoms with Gasteiger partial charge in [0.25, 0.3) is 5.91 Å². The molecule has 0 saturated heterocycles. The zero-order chi connectivity index (χ0) is 20.4. The van der Waals surface area contributed by atoms with E-state index in [-0.39, 0.29) is 11.9 Å². The number of carbonyl (C=O) groups is 1. The molecule has 6 N–H and O–H groups in total. The van der Waals surface area contributed by atoms with Gasteiger partial charge in [-0.05, 0) is 69.8 Å². The fraction of sp³-hybridized carbons (Fsp3) is 0.636. The lowest BCUT2D eigenvalue weighted by Crippen LogP contribution is -2.59. The number of aliphatic hydroxyl groups is 1. The van der Waals surface area contributed by atoms with Crippen LogP contribution >= 0.6 is 0 Å². The van der Waals surface area contributed by atoms with Crippen molar-refractivity contribution in [3.05, 3.63) is 24.0 Å². The molecule has 4 saturated carbocycles. The summed E-state index contributed by atoms with van der Waals surface area (Å²) in [7, 11) is 0. The highest BCUT2D eigenvalue weighted by Gasteiger charge is 2.54. The molecule has 6 rings (SSSR count). The standard InChI is InChI=1S/C22H31N5O2/c1-21(2,23)11-26-20(28)16-10-25-19-15(3-4-24-19)18(16)27-17-13-5-12-6-14(17)9-22(29,7-12)8-13/h3-4,10,12-14,17,29H,5-9,11,23H2,1-2H3,(H,26,28)(H2,24,25,27). The van der Waals surface area contributed by atoms with Gasteiger partial charge >= 0.3 is 0 Å². The van der Waals surface area contributed by atoms with E-state index in [1.54, 1.807) is 6.20 Å². The van der Waals surface area contributed by atoms with Crippen LogP contribution in [-0.4, -0.2) is 44.7 Å². The predicted molar refractivity (Wildman–Crippen MR) is 113 cm³/mol. The molecule has 29 heavy (non-hydrogen) atoms. The number of H-pyrrole nitrogens is 1. The molecule has 2 aromatic rings. The van der Waals surface area contributed by atoms with E-state index >= 15 is 0 Å². The van der Waals surface area contributed by atoms with Crippen LogP contribution in [0.4, 0.5) is 5.69 Å². The van der Waals surface area contributed by atoms with Crippen molar-refractivity contribution >= 4 is 22.6 Å². The molecule has 0 radical (unpaired) electrons. The first-order valence-electron chi connectivity index (χ1n) is 10.7. The Morgan fingerprint density at radius 1 is 1.34 bits per heavy atom. The number of aromatic nitrogens is 2. The van der Waals surface area contributed by atoms with E-state index in [1.807, 2.05) is 26.1 Å². The summed E-state index contributed by atoms with van der Waals surface area (Å²) in [6, 6.07) is 2.25. The SMILES string of the molecule is CC(C)(N)CNC(=O)c1cnc2[nH]ccc2c1NC1C2CC3CC1CC(O)(C3)C2. The zero-order valence-corrected chi connectivity index (χ0v) is 17.2. The molecule has 4 aliphatic rings. The number of carbonyl (C=O) groups excluding carboxylic acids is 1. The van der Waals surface area contributed by atoms with Crippen LogP contribution in [0.15, 0.2) is 18.5 Å². The molecule has 0 aliphatic heterocycles. The average molecular weight is 398 g/mol. The maximum atomic E-state index is 13.0. The molecule has 2 unspecified atom stereocenters. The molecule has 4 bridgehead atoms. The van der Waals surface area contributed by atoms with Crippen molar-refractivity contribution in [1.29, 1.82) is 0 Å². The second-order valence-electron chi connectivity index (χ2n) is 10.3. The average Bonchev–Trinajstić information content (AvgIpc) is 3.09. The highest BCUT2D eigenvalue weighted by atomic mass is 16.3. The first kappa shape index (κ1) is 18.9. The van der Waals surface area contributed by atoms with Crippen molar-refractivity contribution in [3.63, 3.8) is 0 Å². The van der Waals surface area contributed by atoms with Crippen LogP contribution in [0.25, 0.3) is 11.0 Å². The molecule has 0 spiro atoms. The van der Waals surface area contributed by atoms with Gasteiger partial charge in [-0.25, -0.2) is 4.98 Å². The third-order valence-corrected chi connectivity index (χ3v) is 7.09. The van der Waals surface area contributed by atoms with Gasteiger partial charge < -0.3 is 26.5 Å². The lowest BCUT2D eigenvalue weighted by molar-refractivity contribution is -0.129. The smallest absolute Gasteiger partial charge is 0.255 e. The Balaban J connectivity index is 1.46. The molecule has 4 fully saturated rings. The number of rotatable bonds is 5. The van der Waals surface area contributed by atoms with E-state index in [1.165, 1.54) is 12.8 Å². The molecule has 156 valence electrons. The van der Waals surface area contributed by atoms with Gasteiger partial charge in [-0.1, -0.05) is 0 Å². The quantitative estimate of drug-likeness (QED) is 0.531. The summed E-state index contributed by atoms with van der Waals surface area (Å²) in [6.45, 7) is 4.17. The van der Waals surface area contributed by atoms with Crippen molar-refractivity contribution in [2.45, 2.75) is 63.1 Å². The Hall–Kier alpha value is -2.12. The number of nitrogens with zero attached hydrogens (tertiary/aromatic N) is 1. The minimum atomic E-state index is -0.480. The zero-order valence-electron chi connectivity index (χ0n) is 17.2. The first-order chi connectivity index (χ1) is 13.7. The normalized spacial score (nSPS) is 33.2. The van der Waals surface area contributed by atoms with Crippen LogP contribution in [0.2, 0.25) is 0 Å². The van der Waals surface area contributed by atoms with Crippen molar-refractivity contribution < 1.29 is 9.90 Å². The monoisotopic (exact) mass is 397 g/mol. The number of hydrogen-bond acceptors (Lipinski definition) is 5. The van der Waals surface area contributed by atoms with Crippen molar-refractivity contribution in [2.75, 3.05) is 11.9 Å². The topological polar surface area (TPSA) is 116 Å². The molecule has 2 heterocycles. The maximum absolute atomic E-state index is 13.0. The minimum Gasteiger partial charge on any atom is -0.390 e. The summed E-state index contributed by atoms with van der Waals surface area (Å²) >= 11 is 0. The molecule has 1 amide bonds. The number of hydrogen-bond donors (Lipinski definition) is 5. The summed E-state index contributed by atoms with van der Waals surface area (Å²) in [5.41, 5.74) is 7.25. The second-order valence-corrected chi connectivity index (χ2v) is 10.3. The predicted octanol–water partition coefficient (Wildman–Crippen LogP) is 2.38. The van der Waals surface area contributed by atoms with E-state index in [2.05, 4.69) is 20.6 Å². The van der Waals surface area contributed by atoms with Gasteiger partial charge in [0, 0.05) is 35.9 Å². The molecule has 4 aliphatic carbocycles. The van der Waals surface area contributed by atoms with Gasteiger partial charge in [0.1, 0.15) is 5.65 Å². The van der Waals surface area contributed by atoms with Crippen LogP contribution in [-0.2, 0) is 0 Å². The highest BCUT2D eigenvalue weighted by molar-refractivity contribution is 6.06. The Kier molecular flexibility index (Phi) is 4.19.